The lowest BCUT2D eigenvalue weighted by atomic mass is 9.89. The van der Waals surface area contributed by atoms with Gasteiger partial charge in [0.1, 0.15) is 6.10 Å². The quantitative estimate of drug-likeness (QED) is 0.453. The number of nitrogens with two attached hydrogens (primary N) is 1. The Balaban J connectivity index is 2.56. The van der Waals surface area contributed by atoms with E-state index in [1.54, 1.807) is 6.92 Å². The van der Waals surface area contributed by atoms with Crippen molar-refractivity contribution in [3.05, 3.63) is 0 Å². The highest BCUT2D eigenvalue weighted by Gasteiger charge is 2.38. The standard InChI is InChI=1S/C7H15NO3/c1-7(10)2-5(8)4-11-6(7)3-9/h5-6,9-10H,2-4,8H2,1H3/t5?,6-,7?/m1/s1. The van der Waals surface area contributed by atoms with Gasteiger partial charge in [0.2, 0.25) is 0 Å². The Bertz CT molecular complexity index is 138. The lowest BCUT2D eigenvalue weighted by molar-refractivity contribution is -0.155. The molecule has 3 atom stereocenters. The van der Waals surface area contributed by atoms with Crippen molar-refractivity contribution >= 4 is 0 Å². The molecule has 66 valence electrons. The van der Waals surface area contributed by atoms with Crippen LogP contribution in [0, 0.1) is 0 Å². The summed E-state index contributed by atoms with van der Waals surface area (Å²) in [6, 6.07) is -0.118. The minimum atomic E-state index is -0.980. The molecule has 0 aliphatic carbocycles. The van der Waals surface area contributed by atoms with Crippen molar-refractivity contribution in [2.45, 2.75) is 31.1 Å². The third kappa shape index (κ3) is 1.90. The van der Waals surface area contributed by atoms with Gasteiger partial charge in [-0.3, -0.25) is 0 Å². The predicted molar refractivity (Wildman–Crippen MR) is 40.0 cm³/mol. The fourth-order valence-corrected chi connectivity index (χ4v) is 1.39. The van der Waals surface area contributed by atoms with E-state index in [4.69, 9.17) is 15.6 Å². The molecule has 1 fully saturated rings. The molecule has 0 spiro atoms. The van der Waals surface area contributed by atoms with Crippen LogP contribution in [0.4, 0.5) is 0 Å². The highest BCUT2D eigenvalue weighted by molar-refractivity contribution is 4.90. The summed E-state index contributed by atoms with van der Waals surface area (Å²) in [7, 11) is 0. The van der Waals surface area contributed by atoms with Crippen molar-refractivity contribution in [3.63, 3.8) is 0 Å². The summed E-state index contributed by atoms with van der Waals surface area (Å²) >= 11 is 0. The maximum absolute atomic E-state index is 9.64. The molecule has 0 amide bonds. The average Bonchev–Trinajstić information content (AvgIpc) is 1.85. The molecule has 0 bridgehead atoms. The molecule has 1 rings (SSSR count). The second-order valence-corrected chi connectivity index (χ2v) is 3.33. The van der Waals surface area contributed by atoms with Crippen LogP contribution in [-0.2, 0) is 4.74 Å². The van der Waals surface area contributed by atoms with E-state index in [-0.39, 0.29) is 12.6 Å². The van der Waals surface area contributed by atoms with E-state index in [1.165, 1.54) is 0 Å². The first-order valence-corrected chi connectivity index (χ1v) is 3.76. The van der Waals surface area contributed by atoms with Crippen LogP contribution in [0.25, 0.3) is 0 Å². The Labute approximate surface area is 66.0 Å². The molecule has 0 aromatic heterocycles. The van der Waals surface area contributed by atoms with Crippen LogP contribution in [0.15, 0.2) is 0 Å². The molecule has 4 heteroatoms. The fourth-order valence-electron chi connectivity index (χ4n) is 1.39. The number of rotatable bonds is 1. The molecule has 1 saturated heterocycles. The molecule has 0 radical (unpaired) electrons. The third-order valence-corrected chi connectivity index (χ3v) is 2.05. The largest absolute Gasteiger partial charge is 0.394 e. The van der Waals surface area contributed by atoms with Crippen molar-refractivity contribution in [2.75, 3.05) is 13.2 Å². The topological polar surface area (TPSA) is 75.7 Å². The Kier molecular flexibility index (Phi) is 2.49. The number of aliphatic hydroxyl groups is 2. The Morgan fingerprint density at radius 1 is 1.73 bits per heavy atom. The van der Waals surface area contributed by atoms with Gasteiger partial charge in [0.25, 0.3) is 0 Å². The van der Waals surface area contributed by atoms with Crippen LogP contribution in [0.1, 0.15) is 13.3 Å². The number of hydrogen-bond acceptors (Lipinski definition) is 4. The molecule has 4 nitrogen and oxygen atoms in total. The summed E-state index contributed by atoms with van der Waals surface area (Å²) in [6.07, 6.45) is 0.000370. The van der Waals surface area contributed by atoms with Gasteiger partial charge < -0.3 is 20.7 Å². The van der Waals surface area contributed by atoms with Gasteiger partial charge in [-0.25, -0.2) is 0 Å². The summed E-state index contributed by atoms with van der Waals surface area (Å²) in [5, 5.41) is 18.4. The maximum atomic E-state index is 9.64. The van der Waals surface area contributed by atoms with E-state index in [9.17, 15) is 5.11 Å². The number of aliphatic hydroxyl groups excluding tert-OH is 1. The highest BCUT2D eigenvalue weighted by Crippen LogP contribution is 2.23. The predicted octanol–water partition coefficient (Wildman–Crippen LogP) is -1.15. The van der Waals surface area contributed by atoms with Crippen molar-refractivity contribution in [3.8, 4) is 0 Å². The normalized spacial score (nSPS) is 45.8. The van der Waals surface area contributed by atoms with Gasteiger partial charge >= 0.3 is 0 Å². The first kappa shape index (κ1) is 8.93. The van der Waals surface area contributed by atoms with E-state index >= 15 is 0 Å². The molecule has 0 aromatic carbocycles. The van der Waals surface area contributed by atoms with Gasteiger partial charge in [0.05, 0.1) is 18.8 Å². The first-order valence-electron chi connectivity index (χ1n) is 3.76. The van der Waals surface area contributed by atoms with E-state index in [1.807, 2.05) is 0 Å². The zero-order valence-electron chi connectivity index (χ0n) is 6.66. The molecule has 1 heterocycles. The molecule has 0 saturated carbocycles. The van der Waals surface area contributed by atoms with Crippen molar-refractivity contribution < 1.29 is 14.9 Å². The highest BCUT2D eigenvalue weighted by atomic mass is 16.5. The molecule has 2 unspecified atom stereocenters. The molecule has 1 aliphatic rings. The smallest absolute Gasteiger partial charge is 0.109 e. The van der Waals surface area contributed by atoms with Gasteiger partial charge in [-0.2, -0.15) is 0 Å². The molecule has 0 aromatic rings. The molecular formula is C7H15NO3. The van der Waals surface area contributed by atoms with Gasteiger partial charge in [0, 0.05) is 6.04 Å². The van der Waals surface area contributed by atoms with Gasteiger partial charge in [-0.15, -0.1) is 0 Å². The van der Waals surface area contributed by atoms with E-state index in [2.05, 4.69) is 0 Å². The number of hydrogen-bond donors (Lipinski definition) is 3. The van der Waals surface area contributed by atoms with Crippen LogP contribution < -0.4 is 5.73 Å². The SMILES string of the molecule is CC1(O)CC(N)CO[C@@H]1CO. The molecular weight excluding hydrogens is 146 g/mol. The summed E-state index contributed by atoms with van der Waals surface area (Å²) in [5.41, 5.74) is 4.58. The Morgan fingerprint density at radius 2 is 2.36 bits per heavy atom. The summed E-state index contributed by atoms with van der Waals surface area (Å²) in [5.74, 6) is 0. The van der Waals surface area contributed by atoms with Crippen LogP contribution in [0.3, 0.4) is 0 Å². The maximum Gasteiger partial charge on any atom is 0.109 e. The van der Waals surface area contributed by atoms with E-state index in [0.717, 1.165) is 0 Å². The van der Waals surface area contributed by atoms with Crippen molar-refractivity contribution in [2.24, 2.45) is 5.73 Å². The lowest BCUT2D eigenvalue weighted by Crippen LogP contribution is -2.54. The second-order valence-electron chi connectivity index (χ2n) is 3.33. The van der Waals surface area contributed by atoms with Crippen LogP contribution >= 0.6 is 0 Å². The summed E-state index contributed by atoms with van der Waals surface area (Å²) in [6.45, 7) is 1.90. The Morgan fingerprint density at radius 3 is 2.82 bits per heavy atom. The van der Waals surface area contributed by atoms with Crippen LogP contribution in [0.5, 0.6) is 0 Å². The number of ether oxygens (including phenoxy) is 1. The average molecular weight is 161 g/mol. The lowest BCUT2D eigenvalue weighted by Gasteiger charge is -2.38. The van der Waals surface area contributed by atoms with E-state index in [0.29, 0.717) is 13.0 Å². The van der Waals surface area contributed by atoms with Gasteiger partial charge in [0.15, 0.2) is 0 Å². The monoisotopic (exact) mass is 161 g/mol. The van der Waals surface area contributed by atoms with Crippen molar-refractivity contribution in [1.29, 1.82) is 0 Å². The van der Waals surface area contributed by atoms with Gasteiger partial charge in [-0.05, 0) is 13.3 Å². The summed E-state index contributed by atoms with van der Waals surface area (Å²) in [4.78, 5) is 0. The zero-order chi connectivity index (χ0) is 8.48. The zero-order valence-corrected chi connectivity index (χ0v) is 6.66. The van der Waals surface area contributed by atoms with Gasteiger partial charge in [-0.1, -0.05) is 0 Å². The molecule has 11 heavy (non-hydrogen) atoms. The summed E-state index contributed by atoms with van der Waals surface area (Å²) < 4.78 is 5.13. The van der Waals surface area contributed by atoms with Crippen LogP contribution in [0.2, 0.25) is 0 Å². The molecule has 4 N–H and O–H groups in total. The van der Waals surface area contributed by atoms with E-state index < -0.39 is 11.7 Å². The third-order valence-electron chi connectivity index (χ3n) is 2.05. The minimum absolute atomic E-state index is 0.118. The fraction of sp³-hybridized carbons (Fsp3) is 1.00. The van der Waals surface area contributed by atoms with Crippen LogP contribution in [-0.4, -0.2) is 41.2 Å². The Hall–Kier alpha value is -0.160. The first-order chi connectivity index (χ1) is 5.06. The van der Waals surface area contributed by atoms with Crippen molar-refractivity contribution in [1.82, 2.24) is 0 Å². The minimum Gasteiger partial charge on any atom is -0.394 e. The second kappa shape index (κ2) is 3.06. The molecule has 1 aliphatic heterocycles.